The van der Waals surface area contributed by atoms with Crippen LogP contribution in [0.2, 0.25) is 0 Å². The van der Waals surface area contributed by atoms with Crippen LogP contribution in [-0.4, -0.2) is 42.1 Å². The largest absolute Gasteiger partial charge is 0.368 e. The summed E-state index contributed by atoms with van der Waals surface area (Å²) < 4.78 is 0. The number of carbonyl (C=O) groups excluding carboxylic acids is 4. The molecule has 0 bridgehead atoms. The first-order valence-electron chi connectivity index (χ1n) is 8.98. The van der Waals surface area contributed by atoms with Crippen molar-refractivity contribution in [1.29, 1.82) is 0 Å². The van der Waals surface area contributed by atoms with Crippen LogP contribution in [0, 0.1) is 0 Å². The maximum Gasteiger partial charge on any atom is 0.289 e. The molecule has 0 fully saturated rings. The number of primary amides is 1. The van der Waals surface area contributed by atoms with Gasteiger partial charge < -0.3 is 21.7 Å². The van der Waals surface area contributed by atoms with E-state index in [-0.39, 0.29) is 6.04 Å². The van der Waals surface area contributed by atoms with Crippen molar-refractivity contribution in [1.82, 2.24) is 16.0 Å². The summed E-state index contributed by atoms with van der Waals surface area (Å²) >= 11 is 0. The standard InChI is InChI=1S/C19H28N4O4/c1-4-8-14(22-12(2)3)17(25)19(27)21-11-15(24)23-16(18(20)26)13-9-6-5-7-10-13/h5-7,9-10,12,14,16,22H,4,8,11H2,1-3H3,(H2,20,26)(H,21,27)(H,23,24). The molecule has 2 unspecified atom stereocenters. The molecule has 0 aromatic heterocycles. The normalized spacial score (nSPS) is 12.9. The van der Waals surface area contributed by atoms with Gasteiger partial charge in [-0.3, -0.25) is 19.2 Å². The number of rotatable bonds is 11. The highest BCUT2D eigenvalue weighted by molar-refractivity contribution is 6.38. The fourth-order valence-electron chi connectivity index (χ4n) is 2.56. The van der Waals surface area contributed by atoms with E-state index in [1.165, 1.54) is 0 Å². The molecule has 2 atom stereocenters. The minimum Gasteiger partial charge on any atom is -0.368 e. The van der Waals surface area contributed by atoms with Crippen molar-refractivity contribution < 1.29 is 19.2 Å². The van der Waals surface area contributed by atoms with E-state index < -0.39 is 42.1 Å². The smallest absolute Gasteiger partial charge is 0.289 e. The lowest BCUT2D eigenvalue weighted by molar-refractivity contribution is -0.140. The third-order valence-electron chi connectivity index (χ3n) is 3.78. The molecule has 1 aromatic carbocycles. The summed E-state index contributed by atoms with van der Waals surface area (Å²) in [5, 5.41) is 7.80. The van der Waals surface area contributed by atoms with Gasteiger partial charge in [-0.05, 0) is 12.0 Å². The highest BCUT2D eigenvalue weighted by Crippen LogP contribution is 2.11. The molecule has 8 nitrogen and oxygen atoms in total. The van der Waals surface area contributed by atoms with E-state index in [4.69, 9.17) is 5.73 Å². The van der Waals surface area contributed by atoms with E-state index in [1.807, 2.05) is 20.8 Å². The fraction of sp³-hybridized carbons (Fsp3) is 0.474. The molecule has 148 valence electrons. The number of hydrogen-bond acceptors (Lipinski definition) is 5. The number of amides is 3. The molecule has 0 saturated heterocycles. The lowest BCUT2D eigenvalue weighted by atomic mass is 10.1. The van der Waals surface area contributed by atoms with E-state index in [0.717, 1.165) is 6.42 Å². The first kappa shape index (κ1) is 22.3. The van der Waals surface area contributed by atoms with Gasteiger partial charge in [0.25, 0.3) is 5.91 Å². The number of carbonyl (C=O) groups is 4. The van der Waals surface area contributed by atoms with Gasteiger partial charge in [0.2, 0.25) is 17.6 Å². The maximum absolute atomic E-state index is 12.3. The van der Waals surface area contributed by atoms with Crippen LogP contribution in [0.5, 0.6) is 0 Å². The van der Waals surface area contributed by atoms with Crippen molar-refractivity contribution in [2.75, 3.05) is 6.54 Å². The Morgan fingerprint density at radius 2 is 1.70 bits per heavy atom. The Balaban J connectivity index is 2.62. The third kappa shape index (κ3) is 7.57. The molecule has 0 saturated carbocycles. The Labute approximate surface area is 159 Å². The Hall–Kier alpha value is -2.74. The number of nitrogens with two attached hydrogens (primary N) is 1. The average molecular weight is 376 g/mol. The number of benzene rings is 1. The number of ketones is 1. The zero-order valence-electron chi connectivity index (χ0n) is 16.0. The van der Waals surface area contributed by atoms with Crippen LogP contribution in [0.15, 0.2) is 30.3 Å². The Morgan fingerprint density at radius 3 is 2.22 bits per heavy atom. The number of Topliss-reactive ketones (excluding diaryl/α,β-unsaturated/α-hetero) is 1. The topological polar surface area (TPSA) is 130 Å². The van der Waals surface area contributed by atoms with Gasteiger partial charge in [0.1, 0.15) is 6.04 Å². The van der Waals surface area contributed by atoms with E-state index >= 15 is 0 Å². The van der Waals surface area contributed by atoms with Gasteiger partial charge in [-0.1, -0.05) is 57.5 Å². The third-order valence-corrected chi connectivity index (χ3v) is 3.78. The van der Waals surface area contributed by atoms with Crippen LogP contribution in [0.4, 0.5) is 0 Å². The molecule has 1 rings (SSSR count). The first-order valence-corrected chi connectivity index (χ1v) is 8.98. The molecular formula is C19H28N4O4. The summed E-state index contributed by atoms with van der Waals surface area (Å²) in [7, 11) is 0. The van der Waals surface area contributed by atoms with Crippen LogP contribution in [-0.2, 0) is 19.2 Å². The van der Waals surface area contributed by atoms with Crippen molar-refractivity contribution in [2.24, 2.45) is 5.73 Å². The molecule has 3 amide bonds. The lowest BCUT2D eigenvalue weighted by Gasteiger charge is -2.19. The van der Waals surface area contributed by atoms with Gasteiger partial charge in [-0.2, -0.15) is 0 Å². The lowest BCUT2D eigenvalue weighted by Crippen LogP contribution is -2.49. The van der Waals surface area contributed by atoms with Crippen molar-refractivity contribution in [2.45, 2.75) is 51.7 Å². The van der Waals surface area contributed by atoms with Crippen molar-refractivity contribution in [3.8, 4) is 0 Å². The molecule has 8 heteroatoms. The van der Waals surface area contributed by atoms with E-state index in [9.17, 15) is 19.2 Å². The average Bonchev–Trinajstić information content (AvgIpc) is 2.63. The van der Waals surface area contributed by atoms with Crippen LogP contribution in [0.3, 0.4) is 0 Å². The summed E-state index contributed by atoms with van der Waals surface area (Å²) in [6.45, 7) is 5.26. The van der Waals surface area contributed by atoms with Gasteiger partial charge in [-0.25, -0.2) is 0 Å². The quantitative estimate of drug-likeness (QED) is 0.409. The summed E-state index contributed by atoms with van der Waals surface area (Å²) in [5.74, 6) is -2.80. The van der Waals surface area contributed by atoms with Crippen molar-refractivity contribution in [3.05, 3.63) is 35.9 Å². The molecule has 0 spiro atoms. The predicted octanol–water partition coefficient (Wildman–Crippen LogP) is 0.181. The Morgan fingerprint density at radius 1 is 1.07 bits per heavy atom. The van der Waals surface area contributed by atoms with E-state index in [2.05, 4.69) is 16.0 Å². The molecule has 0 aliphatic rings. The van der Waals surface area contributed by atoms with E-state index in [0.29, 0.717) is 12.0 Å². The minimum atomic E-state index is -1.01. The molecule has 0 radical (unpaired) electrons. The summed E-state index contributed by atoms with van der Waals surface area (Å²) in [5.41, 5.74) is 5.87. The molecule has 5 N–H and O–H groups in total. The highest BCUT2D eigenvalue weighted by Gasteiger charge is 2.26. The second kappa shape index (κ2) is 11.1. The Kier molecular flexibility index (Phi) is 9.15. The fourth-order valence-corrected chi connectivity index (χ4v) is 2.56. The summed E-state index contributed by atoms with van der Waals surface area (Å²) in [6.07, 6.45) is 1.26. The predicted molar refractivity (Wildman–Crippen MR) is 102 cm³/mol. The SMILES string of the molecule is CCCC(NC(C)C)C(=O)C(=O)NCC(=O)NC(C(N)=O)c1ccccc1. The van der Waals surface area contributed by atoms with Crippen molar-refractivity contribution in [3.63, 3.8) is 0 Å². The Bertz CT molecular complexity index is 661. The van der Waals surface area contributed by atoms with E-state index in [1.54, 1.807) is 30.3 Å². The summed E-state index contributed by atoms with van der Waals surface area (Å²) in [6, 6.07) is 6.95. The van der Waals surface area contributed by atoms with Crippen LogP contribution in [0.1, 0.15) is 45.2 Å². The van der Waals surface area contributed by atoms with Crippen LogP contribution >= 0.6 is 0 Å². The summed E-state index contributed by atoms with van der Waals surface area (Å²) in [4.78, 5) is 48.0. The molecular weight excluding hydrogens is 348 g/mol. The maximum atomic E-state index is 12.3. The van der Waals surface area contributed by atoms with Gasteiger partial charge in [-0.15, -0.1) is 0 Å². The molecule has 0 aliphatic carbocycles. The van der Waals surface area contributed by atoms with Gasteiger partial charge >= 0.3 is 0 Å². The van der Waals surface area contributed by atoms with Crippen LogP contribution < -0.4 is 21.7 Å². The number of hydrogen-bond donors (Lipinski definition) is 4. The minimum absolute atomic E-state index is 0.0452. The number of nitrogens with one attached hydrogen (secondary N) is 3. The monoisotopic (exact) mass is 376 g/mol. The molecule has 0 aliphatic heterocycles. The second-order valence-corrected chi connectivity index (χ2v) is 6.52. The van der Waals surface area contributed by atoms with Crippen molar-refractivity contribution >= 4 is 23.5 Å². The molecule has 1 aromatic rings. The van der Waals surface area contributed by atoms with Gasteiger partial charge in [0.05, 0.1) is 12.6 Å². The first-order chi connectivity index (χ1) is 12.8. The second-order valence-electron chi connectivity index (χ2n) is 6.52. The highest BCUT2D eigenvalue weighted by atomic mass is 16.2. The zero-order valence-corrected chi connectivity index (χ0v) is 16.0. The van der Waals surface area contributed by atoms with Crippen LogP contribution in [0.25, 0.3) is 0 Å². The molecule has 0 heterocycles. The van der Waals surface area contributed by atoms with Gasteiger partial charge in [0, 0.05) is 6.04 Å². The molecule has 27 heavy (non-hydrogen) atoms. The van der Waals surface area contributed by atoms with Gasteiger partial charge in [0.15, 0.2) is 0 Å². The zero-order chi connectivity index (χ0) is 20.4.